The number of rotatable bonds is 0. The Morgan fingerprint density at radius 3 is 2.56 bits per heavy atom. The molecule has 1 aromatic rings. The van der Waals surface area contributed by atoms with E-state index in [0.717, 1.165) is 6.07 Å². The highest BCUT2D eigenvalue weighted by atomic mass is 19.1. The van der Waals surface area contributed by atoms with E-state index in [1.807, 2.05) is 0 Å². The molecule has 0 unspecified atom stereocenters. The largest absolute Gasteiger partial charge is 0.271 e. The Kier molecular flexibility index (Phi) is 1.56. The van der Waals surface area contributed by atoms with Crippen molar-refractivity contribution in [3.8, 4) is 0 Å². The Bertz CT molecular complexity index is 226. The van der Waals surface area contributed by atoms with E-state index in [1.54, 1.807) is 0 Å². The molecule has 4 radical (unpaired) electrons. The minimum Gasteiger partial charge on any atom is -0.271 e. The highest BCUT2D eigenvalue weighted by Crippen LogP contribution is 1.82. The monoisotopic (exact) mass is 117 g/mol. The van der Waals surface area contributed by atoms with Gasteiger partial charge in [0.1, 0.15) is 21.5 Å². The van der Waals surface area contributed by atoms with Gasteiger partial charge in [0.25, 0.3) is 0 Å². The number of hydrogen-bond donors (Lipinski definition) is 0. The van der Waals surface area contributed by atoms with Crippen molar-refractivity contribution in [2.24, 2.45) is 0 Å². The van der Waals surface area contributed by atoms with Crippen LogP contribution in [0.5, 0.6) is 0 Å². The van der Waals surface area contributed by atoms with Gasteiger partial charge in [-0.2, -0.15) is 0 Å². The van der Waals surface area contributed by atoms with Crippen molar-refractivity contribution in [2.45, 2.75) is 0 Å². The van der Waals surface area contributed by atoms with Crippen LogP contribution in [0.2, 0.25) is 0 Å². The average Bonchev–Trinajstić information content (AvgIpc) is 1.80. The van der Waals surface area contributed by atoms with Gasteiger partial charge in [-0.15, -0.1) is 0 Å². The second kappa shape index (κ2) is 2.21. The van der Waals surface area contributed by atoms with Crippen LogP contribution in [0.15, 0.2) is 12.3 Å². The zero-order chi connectivity index (χ0) is 6.85. The smallest absolute Gasteiger partial charge is 0.145 e. The molecule has 0 saturated heterocycles. The van der Waals surface area contributed by atoms with E-state index in [1.165, 1.54) is 6.20 Å². The maximum absolute atomic E-state index is 12.3. The highest BCUT2D eigenvalue weighted by Gasteiger charge is 1.94. The summed E-state index contributed by atoms with van der Waals surface area (Å²) in [6.07, 6.45) is 1.30. The fourth-order valence-electron chi connectivity index (χ4n) is 0.463. The lowest BCUT2D eigenvalue weighted by molar-refractivity contribution is 0.633. The minimum absolute atomic E-state index is 0.121. The van der Waals surface area contributed by atoms with Gasteiger partial charge in [0.15, 0.2) is 0 Å². The molecule has 9 heavy (non-hydrogen) atoms. The molecule has 0 N–H and O–H groups in total. The summed E-state index contributed by atoms with van der Waals surface area (Å²) in [6, 6.07) is 1.13. The fourth-order valence-corrected chi connectivity index (χ4v) is 0.463. The van der Waals surface area contributed by atoms with Crippen LogP contribution < -0.4 is 11.1 Å². The molecule has 1 nitrogen and oxygen atoms in total. The quantitative estimate of drug-likeness (QED) is 0.389. The summed E-state index contributed by atoms with van der Waals surface area (Å²) in [5, 5.41) is 0. The lowest BCUT2D eigenvalue weighted by atomic mass is 9.95. The first-order valence-electron chi connectivity index (χ1n) is 2.36. The fraction of sp³-hybridized carbons (Fsp3) is 0. The number of aromatic nitrogens is 1. The molecule has 0 spiro atoms. The first-order chi connectivity index (χ1) is 4.20. The molecule has 0 aromatic carbocycles. The van der Waals surface area contributed by atoms with Crippen molar-refractivity contribution < 1.29 is 4.39 Å². The van der Waals surface area contributed by atoms with Crippen LogP contribution in [0, 0.1) is 5.82 Å². The molecule has 1 aromatic heterocycles. The van der Waals surface area contributed by atoms with Crippen LogP contribution in [0.3, 0.4) is 0 Å². The van der Waals surface area contributed by atoms with E-state index in [2.05, 4.69) is 4.98 Å². The van der Waals surface area contributed by atoms with Crippen molar-refractivity contribution >= 4 is 26.7 Å². The molecular formula is C5H2B2FN. The SMILES string of the molecule is [B]c1cnc([B])c(F)c1. The standard InChI is InChI=1S/C5H2B2FN/c6-3-1-4(8)5(7)9-2-3/h1-2H. The van der Waals surface area contributed by atoms with Gasteiger partial charge in [-0.05, 0) is 6.07 Å². The Hall–Kier alpha value is -0.790. The van der Waals surface area contributed by atoms with E-state index in [9.17, 15) is 4.39 Å². The van der Waals surface area contributed by atoms with Gasteiger partial charge in [0, 0.05) is 11.8 Å². The summed E-state index contributed by atoms with van der Waals surface area (Å²) in [5.74, 6) is -0.574. The molecule has 0 aliphatic rings. The summed E-state index contributed by atoms with van der Waals surface area (Å²) >= 11 is 0. The molecule has 4 heteroatoms. The number of hydrogen-bond acceptors (Lipinski definition) is 1. The normalized spacial score (nSPS) is 9.44. The van der Waals surface area contributed by atoms with Crippen molar-refractivity contribution in [3.63, 3.8) is 0 Å². The topological polar surface area (TPSA) is 12.9 Å². The molecule has 1 heterocycles. The maximum Gasteiger partial charge on any atom is 0.145 e. The van der Waals surface area contributed by atoms with E-state index in [-0.39, 0.29) is 11.1 Å². The minimum atomic E-state index is -0.574. The van der Waals surface area contributed by atoms with Crippen LogP contribution in [0.25, 0.3) is 0 Å². The van der Waals surface area contributed by atoms with Gasteiger partial charge in [-0.1, -0.05) is 5.46 Å². The van der Waals surface area contributed by atoms with Gasteiger partial charge in [-0.25, -0.2) is 4.39 Å². The highest BCUT2D eigenvalue weighted by molar-refractivity contribution is 6.34. The van der Waals surface area contributed by atoms with Crippen LogP contribution >= 0.6 is 0 Å². The van der Waals surface area contributed by atoms with Crippen LogP contribution in [-0.4, -0.2) is 20.7 Å². The predicted octanol–water partition coefficient (Wildman–Crippen LogP) is -1.19. The third-order valence-corrected chi connectivity index (χ3v) is 0.891. The average molecular weight is 117 g/mol. The molecule has 0 aliphatic carbocycles. The summed E-state index contributed by atoms with van der Waals surface area (Å²) in [6.45, 7) is 0. The Balaban J connectivity index is 3.17. The Morgan fingerprint density at radius 1 is 1.44 bits per heavy atom. The Morgan fingerprint density at radius 2 is 2.11 bits per heavy atom. The first kappa shape index (κ1) is 6.33. The van der Waals surface area contributed by atoms with Crippen LogP contribution in [0.1, 0.15) is 0 Å². The van der Waals surface area contributed by atoms with Crippen molar-refractivity contribution in [1.29, 1.82) is 0 Å². The number of halogens is 1. The summed E-state index contributed by atoms with van der Waals surface area (Å²) in [7, 11) is 10.2. The van der Waals surface area contributed by atoms with Crippen molar-refractivity contribution in [1.82, 2.24) is 4.98 Å². The van der Waals surface area contributed by atoms with Crippen LogP contribution in [0.4, 0.5) is 4.39 Å². The molecule has 0 aliphatic heterocycles. The second-order valence-electron chi connectivity index (χ2n) is 1.64. The summed E-state index contributed by atoms with van der Waals surface area (Å²) in [4.78, 5) is 3.46. The van der Waals surface area contributed by atoms with Gasteiger partial charge in [-0.3, -0.25) is 4.98 Å². The van der Waals surface area contributed by atoms with E-state index < -0.39 is 5.82 Å². The predicted molar refractivity (Wildman–Crippen MR) is 35.0 cm³/mol. The van der Waals surface area contributed by atoms with Crippen molar-refractivity contribution in [3.05, 3.63) is 18.1 Å². The molecule has 0 amide bonds. The molecule has 1 rings (SSSR count). The van der Waals surface area contributed by atoms with Gasteiger partial charge in [0.2, 0.25) is 0 Å². The van der Waals surface area contributed by atoms with Gasteiger partial charge in [0.05, 0.1) is 0 Å². The summed E-state index contributed by atoms with van der Waals surface area (Å²) < 4.78 is 12.3. The van der Waals surface area contributed by atoms with E-state index >= 15 is 0 Å². The van der Waals surface area contributed by atoms with Crippen LogP contribution in [-0.2, 0) is 0 Å². The molecule has 0 bridgehead atoms. The lowest BCUT2D eigenvalue weighted by Gasteiger charge is -1.94. The maximum atomic E-state index is 12.3. The third-order valence-electron chi connectivity index (χ3n) is 0.891. The van der Waals surface area contributed by atoms with Crippen molar-refractivity contribution in [2.75, 3.05) is 0 Å². The third kappa shape index (κ3) is 1.31. The molecule has 0 saturated carbocycles. The molecule has 40 valence electrons. The second-order valence-corrected chi connectivity index (χ2v) is 1.64. The van der Waals surface area contributed by atoms with Gasteiger partial charge >= 0.3 is 0 Å². The lowest BCUT2D eigenvalue weighted by Crippen LogP contribution is -2.18. The number of pyridine rings is 1. The first-order valence-corrected chi connectivity index (χ1v) is 2.36. The summed E-state index contributed by atoms with van der Waals surface area (Å²) in [5.41, 5.74) is 0.158. The van der Waals surface area contributed by atoms with E-state index in [0.29, 0.717) is 0 Å². The van der Waals surface area contributed by atoms with E-state index in [4.69, 9.17) is 15.7 Å². The van der Waals surface area contributed by atoms with Gasteiger partial charge < -0.3 is 0 Å². The number of nitrogens with zero attached hydrogens (tertiary/aromatic N) is 1. The zero-order valence-corrected chi connectivity index (χ0v) is 4.63. The molecular weight excluding hydrogens is 115 g/mol. The zero-order valence-electron chi connectivity index (χ0n) is 4.63. The molecule has 0 fully saturated rings. The Labute approximate surface area is 55.1 Å². The molecule has 0 atom stereocenters.